The Morgan fingerprint density at radius 1 is 0.857 bits per heavy atom. The van der Waals surface area contributed by atoms with Gasteiger partial charge in [0.1, 0.15) is 0 Å². The van der Waals surface area contributed by atoms with Crippen LogP contribution in [0.25, 0.3) is 11.0 Å². The summed E-state index contributed by atoms with van der Waals surface area (Å²) in [6.07, 6.45) is 4.10. The van der Waals surface area contributed by atoms with Gasteiger partial charge in [-0.3, -0.25) is 9.36 Å². The lowest BCUT2D eigenvalue weighted by Crippen LogP contribution is -2.05. The van der Waals surface area contributed by atoms with Crippen LogP contribution in [0.15, 0.2) is 36.7 Å². The summed E-state index contributed by atoms with van der Waals surface area (Å²) >= 11 is 0. The number of hydrogen-bond donors (Lipinski definition) is 0. The highest BCUT2D eigenvalue weighted by Gasteiger charge is 1.95. The van der Waals surface area contributed by atoms with E-state index in [4.69, 9.17) is 0 Å². The molecule has 2 rings (SSSR count). The fourth-order valence-electron chi connectivity index (χ4n) is 1.58. The molecule has 0 aliphatic carbocycles. The first-order chi connectivity index (χ1) is 6.70. The molecular weight excluding hydrogens is 174 g/mol. The van der Waals surface area contributed by atoms with Gasteiger partial charge in [0, 0.05) is 33.5 Å². The van der Waals surface area contributed by atoms with Crippen LogP contribution in [-0.2, 0) is 21.1 Å². The molecular formula is C11H15N3. The van der Waals surface area contributed by atoms with Gasteiger partial charge in [0.05, 0.1) is 11.0 Å². The molecule has 0 amide bonds. The van der Waals surface area contributed by atoms with Crippen LogP contribution < -0.4 is 0 Å². The second-order valence-corrected chi connectivity index (χ2v) is 3.50. The number of para-hydroxylation sites is 2. The van der Waals surface area contributed by atoms with Crippen LogP contribution in [-0.4, -0.2) is 13.9 Å². The summed E-state index contributed by atoms with van der Waals surface area (Å²) in [6, 6.07) is 8.36. The summed E-state index contributed by atoms with van der Waals surface area (Å²) in [4.78, 5) is 0. The molecule has 1 aromatic carbocycles. The van der Waals surface area contributed by atoms with Gasteiger partial charge in [-0.1, -0.05) is 12.1 Å². The fourth-order valence-corrected chi connectivity index (χ4v) is 1.58. The Labute approximate surface area is 83.5 Å². The summed E-state index contributed by atoms with van der Waals surface area (Å²) in [7, 11) is 6.15. The first-order valence-electron chi connectivity index (χ1n) is 4.67. The Morgan fingerprint density at radius 3 is 2.21 bits per heavy atom. The normalized spacial score (nSPS) is 10.5. The maximum Gasteiger partial charge on any atom is 0.0807 e. The van der Waals surface area contributed by atoms with Crippen molar-refractivity contribution in [1.29, 1.82) is 0 Å². The Balaban J connectivity index is 3.03. The highest BCUT2D eigenvalue weighted by Crippen LogP contribution is 2.09. The topological polar surface area (TPSA) is 14.8 Å². The predicted molar refractivity (Wildman–Crippen MR) is 58.5 cm³/mol. The molecule has 14 heavy (non-hydrogen) atoms. The van der Waals surface area contributed by atoms with Crippen LogP contribution in [0.3, 0.4) is 0 Å². The zero-order valence-electron chi connectivity index (χ0n) is 8.81. The minimum absolute atomic E-state index is 1.21. The highest BCUT2D eigenvalue weighted by atomic mass is 15.4. The lowest BCUT2D eigenvalue weighted by Gasteiger charge is -2.06. The molecule has 0 unspecified atom stereocenters. The molecule has 74 valence electrons. The third-order valence-electron chi connectivity index (χ3n) is 2.59. The molecule has 2 aromatic rings. The number of rotatable bonds is 0. The van der Waals surface area contributed by atoms with E-state index >= 15 is 0 Å². The zero-order valence-corrected chi connectivity index (χ0v) is 8.81. The molecule has 0 saturated carbocycles. The number of nitrogens with zero attached hydrogens (tertiary/aromatic N) is 3. The fraction of sp³-hybridized carbons (Fsp3) is 0.273. The summed E-state index contributed by atoms with van der Waals surface area (Å²) < 4.78 is 6.30. The van der Waals surface area contributed by atoms with Crippen LogP contribution in [0.4, 0.5) is 0 Å². The van der Waals surface area contributed by atoms with Gasteiger partial charge >= 0.3 is 0 Å². The van der Waals surface area contributed by atoms with Crippen molar-refractivity contribution in [2.24, 2.45) is 21.1 Å². The van der Waals surface area contributed by atoms with Crippen molar-refractivity contribution in [1.82, 2.24) is 13.9 Å². The second-order valence-electron chi connectivity index (χ2n) is 3.50. The van der Waals surface area contributed by atoms with E-state index in [0.29, 0.717) is 0 Å². The number of benzene rings is 1. The number of aromatic nitrogens is 3. The SMILES string of the molecule is Cn1ccn(C)n(C)c2ccccc21. The largest absolute Gasteiger partial charge is 0.348 e. The van der Waals surface area contributed by atoms with Gasteiger partial charge in [-0.05, 0) is 12.1 Å². The summed E-state index contributed by atoms with van der Waals surface area (Å²) in [5, 5.41) is 0. The smallest absolute Gasteiger partial charge is 0.0807 e. The number of fused-ring (bicyclic) bond motifs is 1. The average molecular weight is 189 g/mol. The molecule has 0 radical (unpaired) electrons. The molecule has 0 fully saturated rings. The van der Waals surface area contributed by atoms with E-state index in [2.05, 4.69) is 58.5 Å². The van der Waals surface area contributed by atoms with E-state index in [9.17, 15) is 0 Å². The van der Waals surface area contributed by atoms with Crippen molar-refractivity contribution in [2.75, 3.05) is 0 Å². The summed E-state index contributed by atoms with van der Waals surface area (Å²) in [5.41, 5.74) is 2.43. The number of aryl methyl sites for hydroxylation is 3. The summed E-state index contributed by atoms with van der Waals surface area (Å²) in [6.45, 7) is 0. The second kappa shape index (κ2) is 3.25. The van der Waals surface area contributed by atoms with E-state index in [1.165, 1.54) is 11.0 Å². The molecule has 1 aromatic heterocycles. The minimum Gasteiger partial charge on any atom is -0.348 e. The maximum absolute atomic E-state index is 2.12. The quantitative estimate of drug-likeness (QED) is 0.602. The molecule has 0 bridgehead atoms. The van der Waals surface area contributed by atoms with E-state index in [0.717, 1.165) is 0 Å². The Bertz CT molecular complexity index is 498. The first-order valence-corrected chi connectivity index (χ1v) is 4.67. The van der Waals surface area contributed by atoms with E-state index in [1.807, 2.05) is 13.2 Å². The molecule has 0 aliphatic rings. The van der Waals surface area contributed by atoms with Crippen molar-refractivity contribution >= 4 is 11.0 Å². The van der Waals surface area contributed by atoms with Gasteiger partial charge in [0.2, 0.25) is 0 Å². The molecule has 1 heterocycles. The third kappa shape index (κ3) is 1.31. The highest BCUT2D eigenvalue weighted by molar-refractivity contribution is 5.74. The van der Waals surface area contributed by atoms with E-state index in [1.54, 1.807) is 0 Å². The van der Waals surface area contributed by atoms with Gasteiger partial charge in [-0.25, -0.2) is 0 Å². The van der Waals surface area contributed by atoms with Crippen LogP contribution in [0, 0.1) is 0 Å². The van der Waals surface area contributed by atoms with Crippen molar-refractivity contribution < 1.29 is 0 Å². The molecule has 3 heteroatoms. The average Bonchev–Trinajstić information content (AvgIpc) is 2.33. The number of hydrogen-bond acceptors (Lipinski definition) is 0. The van der Waals surface area contributed by atoms with Crippen LogP contribution >= 0.6 is 0 Å². The standard InChI is InChI=1S/C11H15N3/c1-12-8-9-13(2)14(3)11-7-5-4-6-10(11)12/h4-9H,1-3H3. The van der Waals surface area contributed by atoms with Gasteiger partial charge < -0.3 is 4.57 Å². The zero-order chi connectivity index (χ0) is 10.1. The summed E-state index contributed by atoms with van der Waals surface area (Å²) in [5.74, 6) is 0. The Hall–Kier alpha value is -1.64. The Kier molecular flexibility index (Phi) is 2.08. The molecule has 0 spiro atoms. The van der Waals surface area contributed by atoms with Crippen molar-refractivity contribution in [3.05, 3.63) is 36.7 Å². The van der Waals surface area contributed by atoms with Gasteiger partial charge in [0.25, 0.3) is 0 Å². The lowest BCUT2D eigenvalue weighted by molar-refractivity contribution is 0.599. The van der Waals surface area contributed by atoms with Gasteiger partial charge in [0.15, 0.2) is 0 Å². The minimum atomic E-state index is 1.21. The molecule has 0 saturated heterocycles. The molecule has 0 N–H and O–H groups in total. The Morgan fingerprint density at radius 2 is 1.50 bits per heavy atom. The molecule has 0 atom stereocenters. The van der Waals surface area contributed by atoms with Crippen LogP contribution in [0.2, 0.25) is 0 Å². The van der Waals surface area contributed by atoms with E-state index < -0.39 is 0 Å². The lowest BCUT2D eigenvalue weighted by atomic mass is 10.3. The van der Waals surface area contributed by atoms with Crippen LogP contribution in [0.5, 0.6) is 0 Å². The molecule has 3 nitrogen and oxygen atoms in total. The maximum atomic E-state index is 2.12. The third-order valence-corrected chi connectivity index (χ3v) is 2.59. The van der Waals surface area contributed by atoms with Crippen molar-refractivity contribution in [3.63, 3.8) is 0 Å². The predicted octanol–water partition coefficient (Wildman–Crippen LogP) is 1.98. The van der Waals surface area contributed by atoms with Gasteiger partial charge in [-0.15, -0.1) is 0 Å². The monoisotopic (exact) mass is 189 g/mol. The first kappa shape index (κ1) is 8.94. The van der Waals surface area contributed by atoms with E-state index in [-0.39, 0.29) is 0 Å². The van der Waals surface area contributed by atoms with Gasteiger partial charge in [-0.2, -0.15) is 0 Å². The van der Waals surface area contributed by atoms with Crippen molar-refractivity contribution in [2.45, 2.75) is 0 Å². The van der Waals surface area contributed by atoms with Crippen molar-refractivity contribution in [3.8, 4) is 0 Å². The van der Waals surface area contributed by atoms with Crippen LogP contribution in [0.1, 0.15) is 0 Å². The molecule has 0 aliphatic heterocycles.